The fraction of sp³-hybridized carbons (Fsp3) is 0.154. The van der Waals surface area contributed by atoms with E-state index in [0.29, 0.717) is 10.6 Å². The lowest BCUT2D eigenvalue weighted by molar-refractivity contribution is 0.0691. The quantitative estimate of drug-likeness (QED) is 0.924. The van der Waals surface area contributed by atoms with Crippen molar-refractivity contribution in [2.75, 3.05) is 0 Å². The molecule has 4 nitrogen and oxygen atoms in total. The Labute approximate surface area is 123 Å². The number of aryl methyl sites for hydroxylation is 2. The number of carboxylic acid groups (broad SMARTS) is 1. The molecule has 19 heavy (non-hydrogen) atoms. The van der Waals surface area contributed by atoms with Crippen LogP contribution in [0.4, 0.5) is 0 Å². The third-order valence-electron chi connectivity index (χ3n) is 2.47. The first-order valence-corrected chi connectivity index (χ1v) is 7.09. The molecule has 2 aromatic heterocycles. The zero-order valence-electron chi connectivity index (χ0n) is 10.3. The summed E-state index contributed by atoms with van der Waals surface area (Å²) in [6.07, 6.45) is 3.33. The lowest BCUT2D eigenvalue weighted by Crippen LogP contribution is -2.05. The van der Waals surface area contributed by atoms with Crippen molar-refractivity contribution in [2.24, 2.45) is 0 Å². The van der Waals surface area contributed by atoms with Crippen LogP contribution in [0.5, 0.6) is 0 Å². The van der Waals surface area contributed by atoms with Crippen molar-refractivity contribution in [2.45, 2.75) is 23.8 Å². The van der Waals surface area contributed by atoms with Gasteiger partial charge in [-0.05, 0) is 47.5 Å². The van der Waals surface area contributed by atoms with Gasteiger partial charge < -0.3 is 5.11 Å². The molecule has 0 aliphatic carbocycles. The number of pyridine rings is 2. The van der Waals surface area contributed by atoms with Gasteiger partial charge >= 0.3 is 5.97 Å². The Morgan fingerprint density at radius 3 is 2.79 bits per heavy atom. The van der Waals surface area contributed by atoms with E-state index >= 15 is 0 Å². The third kappa shape index (κ3) is 3.13. The maximum absolute atomic E-state index is 11.4. The summed E-state index contributed by atoms with van der Waals surface area (Å²) < 4.78 is 0.817. The molecule has 0 bridgehead atoms. The molecule has 0 atom stereocenters. The highest BCUT2D eigenvalue weighted by Gasteiger charge is 2.17. The van der Waals surface area contributed by atoms with E-state index in [4.69, 9.17) is 0 Å². The van der Waals surface area contributed by atoms with E-state index < -0.39 is 5.97 Å². The molecule has 0 amide bonds. The predicted molar refractivity (Wildman–Crippen MR) is 76.7 cm³/mol. The smallest absolute Gasteiger partial charge is 0.338 e. The van der Waals surface area contributed by atoms with Gasteiger partial charge in [-0.3, -0.25) is 4.98 Å². The van der Waals surface area contributed by atoms with Crippen molar-refractivity contribution < 1.29 is 9.90 Å². The van der Waals surface area contributed by atoms with Crippen LogP contribution in [-0.2, 0) is 0 Å². The zero-order chi connectivity index (χ0) is 14.0. The number of halogens is 1. The Hall–Kier alpha value is -1.40. The van der Waals surface area contributed by atoms with Crippen molar-refractivity contribution in [1.82, 2.24) is 9.97 Å². The van der Waals surface area contributed by atoms with Crippen LogP contribution in [-0.4, -0.2) is 21.0 Å². The van der Waals surface area contributed by atoms with E-state index in [-0.39, 0.29) is 5.56 Å². The van der Waals surface area contributed by atoms with Crippen LogP contribution < -0.4 is 0 Å². The average Bonchev–Trinajstić information content (AvgIpc) is 2.30. The minimum absolute atomic E-state index is 0.249. The van der Waals surface area contributed by atoms with Gasteiger partial charge in [-0.15, -0.1) is 0 Å². The minimum Gasteiger partial charge on any atom is -0.478 e. The number of aromatic nitrogens is 2. The Balaban J connectivity index is 2.51. The van der Waals surface area contributed by atoms with Crippen LogP contribution in [0.3, 0.4) is 0 Å². The van der Waals surface area contributed by atoms with Crippen LogP contribution in [0.2, 0.25) is 0 Å². The van der Waals surface area contributed by atoms with E-state index in [0.717, 1.165) is 15.1 Å². The summed E-state index contributed by atoms with van der Waals surface area (Å²) in [4.78, 5) is 20.6. The monoisotopic (exact) mass is 338 g/mol. The number of hydrogen-bond acceptors (Lipinski definition) is 4. The fourth-order valence-electron chi connectivity index (χ4n) is 1.69. The fourth-order valence-corrected chi connectivity index (χ4v) is 3.21. The maximum Gasteiger partial charge on any atom is 0.338 e. The second kappa shape index (κ2) is 5.71. The Morgan fingerprint density at radius 1 is 1.42 bits per heavy atom. The van der Waals surface area contributed by atoms with E-state index in [1.165, 1.54) is 11.8 Å². The predicted octanol–water partition coefficient (Wildman–Crippen LogP) is 3.71. The summed E-state index contributed by atoms with van der Waals surface area (Å²) in [6.45, 7) is 3.63. The molecule has 0 radical (unpaired) electrons. The number of aromatic carboxylic acids is 1. The van der Waals surface area contributed by atoms with Crippen molar-refractivity contribution in [1.29, 1.82) is 0 Å². The molecule has 0 fully saturated rings. The highest BCUT2D eigenvalue weighted by Crippen LogP contribution is 2.34. The molecule has 2 heterocycles. The summed E-state index contributed by atoms with van der Waals surface area (Å²) in [6, 6.07) is 3.59. The van der Waals surface area contributed by atoms with E-state index in [1.54, 1.807) is 25.4 Å². The first-order valence-electron chi connectivity index (χ1n) is 5.48. The summed E-state index contributed by atoms with van der Waals surface area (Å²) in [7, 11) is 0. The Kier molecular flexibility index (Phi) is 4.21. The molecule has 0 saturated heterocycles. The normalized spacial score (nSPS) is 10.5. The summed E-state index contributed by atoms with van der Waals surface area (Å²) in [5, 5.41) is 9.80. The summed E-state index contributed by atoms with van der Waals surface area (Å²) in [5.74, 6) is -0.960. The molecular weight excluding hydrogens is 328 g/mol. The summed E-state index contributed by atoms with van der Waals surface area (Å²) >= 11 is 4.71. The van der Waals surface area contributed by atoms with Crippen LogP contribution >= 0.6 is 27.7 Å². The number of carboxylic acids is 1. The second-order valence-electron chi connectivity index (χ2n) is 3.97. The van der Waals surface area contributed by atoms with E-state index in [2.05, 4.69) is 25.9 Å². The minimum atomic E-state index is -0.960. The third-order valence-corrected chi connectivity index (χ3v) is 4.43. The lowest BCUT2D eigenvalue weighted by Gasteiger charge is -2.10. The maximum atomic E-state index is 11.4. The number of hydrogen-bond donors (Lipinski definition) is 1. The molecule has 2 aromatic rings. The Bertz CT molecular complexity index is 647. The largest absolute Gasteiger partial charge is 0.478 e. The highest BCUT2D eigenvalue weighted by atomic mass is 79.9. The molecule has 1 N–H and O–H groups in total. The zero-order valence-corrected chi connectivity index (χ0v) is 12.7. The molecule has 0 saturated carbocycles. The van der Waals surface area contributed by atoms with Gasteiger partial charge in [0.15, 0.2) is 0 Å². The van der Waals surface area contributed by atoms with Crippen LogP contribution in [0.1, 0.15) is 21.6 Å². The van der Waals surface area contributed by atoms with Gasteiger partial charge in [-0.2, -0.15) is 0 Å². The van der Waals surface area contributed by atoms with Crippen molar-refractivity contribution in [3.63, 3.8) is 0 Å². The lowest BCUT2D eigenvalue weighted by atomic mass is 10.1. The molecule has 98 valence electrons. The van der Waals surface area contributed by atoms with E-state index in [9.17, 15) is 9.90 Å². The summed E-state index contributed by atoms with van der Waals surface area (Å²) in [5.41, 5.74) is 1.77. The molecule has 0 aliphatic rings. The van der Waals surface area contributed by atoms with Gasteiger partial charge in [0.05, 0.1) is 5.56 Å². The average molecular weight is 339 g/mol. The van der Waals surface area contributed by atoms with Gasteiger partial charge in [0.25, 0.3) is 0 Å². The van der Waals surface area contributed by atoms with Gasteiger partial charge in [0.1, 0.15) is 5.03 Å². The van der Waals surface area contributed by atoms with Gasteiger partial charge in [0.2, 0.25) is 0 Å². The number of rotatable bonds is 3. The topological polar surface area (TPSA) is 63.1 Å². The second-order valence-corrected chi connectivity index (χ2v) is 5.86. The standard InChI is InChI=1S/C13H11BrN2O2S/c1-7-5-8(2)16-12(11(7)13(17)18)19-10-3-4-15-6-9(10)14/h3-6H,1-2H3,(H,17,18). The first kappa shape index (κ1) is 14.0. The molecule has 0 unspecified atom stereocenters. The van der Waals surface area contributed by atoms with Crippen molar-refractivity contribution in [3.8, 4) is 0 Å². The van der Waals surface area contributed by atoms with Crippen molar-refractivity contribution >= 4 is 33.7 Å². The SMILES string of the molecule is Cc1cc(C)c(C(=O)O)c(Sc2ccncc2Br)n1. The van der Waals surface area contributed by atoms with Gasteiger partial charge in [-0.25, -0.2) is 9.78 Å². The molecular formula is C13H11BrN2O2S. The van der Waals surface area contributed by atoms with Gasteiger partial charge in [0, 0.05) is 27.5 Å². The molecule has 6 heteroatoms. The Morgan fingerprint density at radius 2 is 2.16 bits per heavy atom. The molecule has 2 rings (SSSR count). The molecule has 0 aromatic carbocycles. The number of carbonyl (C=O) groups is 1. The van der Waals surface area contributed by atoms with Crippen LogP contribution in [0.25, 0.3) is 0 Å². The molecule has 0 spiro atoms. The highest BCUT2D eigenvalue weighted by molar-refractivity contribution is 9.10. The first-order chi connectivity index (χ1) is 8.99. The van der Waals surface area contributed by atoms with Crippen molar-refractivity contribution in [3.05, 3.63) is 45.8 Å². The van der Waals surface area contributed by atoms with Crippen LogP contribution in [0.15, 0.2) is 38.9 Å². The van der Waals surface area contributed by atoms with Crippen LogP contribution in [0, 0.1) is 13.8 Å². The van der Waals surface area contributed by atoms with Gasteiger partial charge in [-0.1, -0.05) is 11.8 Å². The number of nitrogens with zero attached hydrogens (tertiary/aromatic N) is 2. The molecule has 0 aliphatic heterocycles. The van der Waals surface area contributed by atoms with E-state index in [1.807, 2.05) is 13.0 Å².